The van der Waals surface area contributed by atoms with Crippen molar-refractivity contribution in [2.45, 2.75) is 58.0 Å². The normalized spacial score (nSPS) is 19.8. The van der Waals surface area contributed by atoms with Gasteiger partial charge in [0.05, 0.1) is 24.9 Å². The van der Waals surface area contributed by atoms with Gasteiger partial charge in [-0.1, -0.05) is 37.3 Å². The number of amides is 3. The summed E-state index contributed by atoms with van der Waals surface area (Å²) >= 11 is 0. The molecule has 266 valence electrons. The predicted molar refractivity (Wildman–Crippen MR) is 197 cm³/mol. The molecule has 51 heavy (non-hydrogen) atoms. The Labute approximate surface area is 298 Å². The van der Waals surface area contributed by atoms with Crippen molar-refractivity contribution in [3.63, 3.8) is 0 Å². The summed E-state index contributed by atoms with van der Waals surface area (Å²) in [5.74, 6) is 0.199. The molecule has 1 unspecified atom stereocenters. The number of nitrogens with zero attached hydrogens (tertiary/aromatic N) is 4. The number of aromatic nitrogens is 2. The molecule has 2 aliphatic heterocycles. The van der Waals surface area contributed by atoms with Gasteiger partial charge in [0.25, 0.3) is 11.5 Å². The minimum Gasteiger partial charge on any atom is -0.481 e. The zero-order chi connectivity index (χ0) is 36.0. The Kier molecular flexibility index (Phi) is 9.19. The zero-order valence-corrected chi connectivity index (χ0v) is 30.0. The lowest BCUT2D eigenvalue weighted by atomic mass is 9.91. The molecule has 11 heteroatoms. The number of urea groups is 1. The zero-order valence-electron chi connectivity index (χ0n) is 30.0. The first-order valence-corrected chi connectivity index (χ1v) is 17.8. The number of nitrogens with one attached hydrogen (secondary N) is 2. The molecule has 2 saturated heterocycles. The number of aliphatic hydroxyl groups is 1. The molecule has 7 rings (SSSR count). The standard InChI is InChI=1S/C40H46N6O5/c1-6-27-14-15-31(38(49)44(27)4)36(48)41-32-12-8-10-29(25(32)3)28-9-7-11-30(24(28)2)33-21-26-13-16-34(35(26)37(42-33)51-5)45-18-17-40(22-45)23-46(19-20-47)39(50)43-40/h7-12,14-15,21,34,47H,6,13,16-20,22-23H2,1-5H3,(H,41,48)(H,43,50)/t34?,40-/m1/s1. The molecule has 2 atom stereocenters. The van der Waals surface area contributed by atoms with Gasteiger partial charge in [-0.25, -0.2) is 9.78 Å². The lowest BCUT2D eigenvalue weighted by Gasteiger charge is -2.28. The van der Waals surface area contributed by atoms with Crippen molar-refractivity contribution in [1.29, 1.82) is 0 Å². The molecule has 0 radical (unpaired) electrons. The second-order valence-corrected chi connectivity index (χ2v) is 14.1. The van der Waals surface area contributed by atoms with Crippen LogP contribution in [-0.2, 0) is 19.9 Å². The van der Waals surface area contributed by atoms with Gasteiger partial charge >= 0.3 is 6.03 Å². The number of ether oxygens (including phenoxy) is 1. The molecule has 1 spiro atoms. The molecule has 0 saturated carbocycles. The third-order valence-electron chi connectivity index (χ3n) is 11.2. The highest BCUT2D eigenvalue weighted by Gasteiger charge is 2.49. The number of carbonyl (C=O) groups excluding carboxylic acids is 2. The van der Waals surface area contributed by atoms with Crippen molar-refractivity contribution in [3.05, 3.63) is 98.5 Å². The molecular weight excluding hydrogens is 644 g/mol. The van der Waals surface area contributed by atoms with Crippen LogP contribution in [0.5, 0.6) is 5.88 Å². The molecule has 11 nitrogen and oxygen atoms in total. The van der Waals surface area contributed by atoms with E-state index in [1.807, 2.05) is 44.2 Å². The summed E-state index contributed by atoms with van der Waals surface area (Å²) in [6.45, 7) is 8.58. The van der Waals surface area contributed by atoms with Gasteiger partial charge in [0.2, 0.25) is 5.88 Å². The topological polar surface area (TPSA) is 129 Å². The first-order chi connectivity index (χ1) is 24.6. The smallest absolute Gasteiger partial charge is 0.318 e. The second kappa shape index (κ2) is 13.6. The molecule has 4 aromatic rings. The quantitative estimate of drug-likeness (QED) is 0.226. The Morgan fingerprint density at radius 3 is 2.55 bits per heavy atom. The fraction of sp³-hybridized carbons (Fsp3) is 0.400. The number of methoxy groups -OCH3 is 1. The number of hydrogen-bond acceptors (Lipinski definition) is 7. The summed E-state index contributed by atoms with van der Waals surface area (Å²) < 4.78 is 7.51. The van der Waals surface area contributed by atoms with Crippen molar-refractivity contribution in [2.24, 2.45) is 7.05 Å². The number of anilines is 1. The van der Waals surface area contributed by atoms with Crippen LogP contribution in [0.25, 0.3) is 22.4 Å². The average molecular weight is 691 g/mol. The number of fused-ring (bicyclic) bond motifs is 1. The van der Waals surface area contributed by atoms with Crippen molar-refractivity contribution in [2.75, 3.05) is 45.2 Å². The highest BCUT2D eigenvalue weighted by Crippen LogP contribution is 2.46. The number of hydrogen-bond donors (Lipinski definition) is 3. The molecule has 3 amide bonds. The fourth-order valence-electron chi connectivity index (χ4n) is 8.39. The number of benzene rings is 2. The first-order valence-electron chi connectivity index (χ1n) is 17.8. The average Bonchev–Trinajstić information content (AvgIpc) is 3.82. The van der Waals surface area contributed by atoms with Crippen LogP contribution < -0.4 is 20.9 Å². The maximum absolute atomic E-state index is 13.3. The largest absolute Gasteiger partial charge is 0.481 e. The molecule has 1 aliphatic carbocycles. The third kappa shape index (κ3) is 6.08. The summed E-state index contributed by atoms with van der Waals surface area (Å²) in [5, 5.41) is 15.6. The Bertz CT molecular complexity index is 2090. The van der Waals surface area contributed by atoms with Crippen LogP contribution in [0.4, 0.5) is 10.5 Å². The van der Waals surface area contributed by atoms with Gasteiger partial charge in [-0.05, 0) is 91.6 Å². The number of carbonyl (C=O) groups is 2. The van der Waals surface area contributed by atoms with Crippen LogP contribution in [0.2, 0.25) is 0 Å². The maximum Gasteiger partial charge on any atom is 0.318 e. The molecule has 3 aliphatic rings. The second-order valence-electron chi connectivity index (χ2n) is 14.1. The van der Waals surface area contributed by atoms with E-state index >= 15 is 0 Å². The van der Waals surface area contributed by atoms with E-state index in [0.717, 1.165) is 77.1 Å². The fourth-order valence-corrected chi connectivity index (χ4v) is 8.39. The number of pyridine rings is 2. The van der Waals surface area contributed by atoms with E-state index in [-0.39, 0.29) is 35.3 Å². The highest BCUT2D eigenvalue weighted by molar-refractivity contribution is 6.05. The van der Waals surface area contributed by atoms with E-state index in [4.69, 9.17) is 9.72 Å². The Morgan fingerprint density at radius 1 is 1.06 bits per heavy atom. The highest BCUT2D eigenvalue weighted by atomic mass is 16.5. The van der Waals surface area contributed by atoms with Gasteiger partial charge in [0.1, 0.15) is 5.56 Å². The number of aryl methyl sites for hydroxylation is 2. The summed E-state index contributed by atoms with van der Waals surface area (Å²) in [5.41, 5.74) is 9.17. The van der Waals surface area contributed by atoms with Gasteiger partial charge < -0.3 is 29.9 Å². The number of aliphatic hydroxyl groups excluding tert-OH is 1. The SMILES string of the molecule is CCc1ccc(C(=O)Nc2cccc(-c3cccc(-c4cc5c(c(OC)n4)C(N4CC[C@]6(CN(CCO)C(=O)N6)C4)CC5)c3C)c2C)c(=O)n1C. The monoisotopic (exact) mass is 690 g/mol. The maximum atomic E-state index is 13.3. The molecule has 2 aromatic carbocycles. The van der Waals surface area contributed by atoms with Gasteiger partial charge in [-0.2, -0.15) is 0 Å². The van der Waals surface area contributed by atoms with E-state index in [2.05, 4.69) is 40.7 Å². The van der Waals surface area contributed by atoms with E-state index in [1.165, 1.54) is 10.1 Å². The minimum atomic E-state index is -0.433. The summed E-state index contributed by atoms with van der Waals surface area (Å²) in [7, 11) is 3.37. The van der Waals surface area contributed by atoms with Crippen LogP contribution >= 0.6 is 0 Å². The molecular formula is C40H46N6O5. The van der Waals surface area contributed by atoms with Crippen molar-refractivity contribution in [1.82, 2.24) is 24.7 Å². The van der Waals surface area contributed by atoms with Gasteiger partial charge in [0.15, 0.2) is 0 Å². The van der Waals surface area contributed by atoms with E-state index in [0.29, 0.717) is 31.1 Å². The summed E-state index contributed by atoms with van der Waals surface area (Å²) in [4.78, 5) is 48.0. The van der Waals surface area contributed by atoms with E-state index in [1.54, 1.807) is 25.1 Å². The minimum absolute atomic E-state index is 0.0427. The first kappa shape index (κ1) is 34.4. The van der Waals surface area contributed by atoms with Gasteiger partial charge in [0, 0.05) is 61.8 Å². The number of rotatable bonds is 9. The van der Waals surface area contributed by atoms with Gasteiger partial charge in [-0.15, -0.1) is 0 Å². The van der Waals surface area contributed by atoms with Crippen LogP contribution in [-0.4, -0.2) is 81.8 Å². The predicted octanol–water partition coefficient (Wildman–Crippen LogP) is 5.00. The Balaban J connectivity index is 1.15. The van der Waals surface area contributed by atoms with Crippen molar-refractivity contribution >= 4 is 17.6 Å². The lowest BCUT2D eigenvalue weighted by molar-refractivity contribution is 0.102. The van der Waals surface area contributed by atoms with Crippen LogP contribution in [0.3, 0.4) is 0 Å². The molecule has 4 heterocycles. The van der Waals surface area contributed by atoms with Crippen molar-refractivity contribution in [3.8, 4) is 28.3 Å². The van der Waals surface area contributed by atoms with E-state index in [9.17, 15) is 19.5 Å². The molecule has 3 N–H and O–H groups in total. The van der Waals surface area contributed by atoms with Crippen LogP contribution in [0.15, 0.2) is 59.4 Å². The molecule has 2 fully saturated rings. The van der Waals surface area contributed by atoms with Gasteiger partial charge in [-0.3, -0.25) is 14.5 Å². The van der Waals surface area contributed by atoms with E-state index < -0.39 is 5.91 Å². The Hall–Kier alpha value is -5.00. The molecule has 2 aromatic heterocycles. The van der Waals surface area contributed by atoms with Crippen molar-refractivity contribution < 1.29 is 19.4 Å². The Morgan fingerprint density at radius 2 is 1.80 bits per heavy atom. The molecule has 0 bridgehead atoms. The number of likely N-dealkylation sites (tertiary alicyclic amines) is 1. The van der Waals surface area contributed by atoms with Crippen LogP contribution in [0.1, 0.15) is 64.1 Å². The summed E-state index contributed by atoms with van der Waals surface area (Å²) in [6.07, 6.45) is 3.42. The van der Waals surface area contributed by atoms with Crippen LogP contribution in [0, 0.1) is 13.8 Å². The number of β-amino-alcohol motifs (C(OH)–C–C–N with tert-alkyl or cyclic N) is 1. The third-order valence-corrected chi connectivity index (χ3v) is 11.2. The summed E-state index contributed by atoms with van der Waals surface area (Å²) in [6, 6.07) is 17.7. The lowest BCUT2D eigenvalue weighted by Crippen LogP contribution is -2.46.